The lowest BCUT2D eigenvalue weighted by Gasteiger charge is -2.24. The second kappa shape index (κ2) is 17.7. The number of aldehydes is 1. The van der Waals surface area contributed by atoms with Crippen LogP contribution in [0.1, 0.15) is 73.6 Å². The van der Waals surface area contributed by atoms with Crippen molar-refractivity contribution in [2.45, 2.75) is 85.8 Å². The number of allylic oxidation sites excluding steroid dienone is 1. The number of amidine groups is 1. The Morgan fingerprint density at radius 1 is 1.11 bits per heavy atom. The summed E-state index contributed by atoms with van der Waals surface area (Å²) in [5.74, 6) is 7.83. The normalized spacial score (nSPS) is 12.0. The molecule has 0 aliphatic carbocycles. The molecule has 1 aromatic heterocycles. The molecule has 0 saturated carbocycles. The van der Waals surface area contributed by atoms with Gasteiger partial charge in [0.1, 0.15) is 23.5 Å². The molecular formula is C32H50N8O4. The first-order valence-corrected chi connectivity index (χ1v) is 14.9. The van der Waals surface area contributed by atoms with E-state index >= 15 is 0 Å². The summed E-state index contributed by atoms with van der Waals surface area (Å²) < 4.78 is 13.0. The average molecular weight is 611 g/mol. The third-order valence-corrected chi connectivity index (χ3v) is 6.28. The van der Waals surface area contributed by atoms with Gasteiger partial charge in [-0.1, -0.05) is 0 Å². The van der Waals surface area contributed by atoms with Crippen LogP contribution in [0.25, 0.3) is 0 Å². The third-order valence-electron chi connectivity index (χ3n) is 6.28. The van der Waals surface area contributed by atoms with E-state index in [9.17, 15) is 9.59 Å². The molecule has 0 spiro atoms. The Morgan fingerprint density at radius 3 is 2.45 bits per heavy atom. The number of ether oxygens (including phenoxy) is 2. The van der Waals surface area contributed by atoms with Gasteiger partial charge in [-0.25, -0.2) is 15.6 Å². The standard InChI is InChI=1S/C32H50N8O4/c1-24(2)30(40(34)27-13-15-28(16-14-27)43-20-12-8-11-19-41)29(33)22-35-25(3)37-26-21-36-39(23-26)18-10-9-17-38(7)31(42)44-32(4,5)6/h13-16,19,21-23H,8-12,17-18,20,33-34H2,1-7H3,(H,35,37)/b29-22+. The Morgan fingerprint density at radius 2 is 1.82 bits per heavy atom. The van der Waals surface area contributed by atoms with E-state index < -0.39 is 5.60 Å². The second-order valence-corrected chi connectivity index (χ2v) is 11.7. The summed E-state index contributed by atoms with van der Waals surface area (Å²) >= 11 is 0. The minimum Gasteiger partial charge on any atom is -0.494 e. The quantitative estimate of drug-likeness (QED) is 0.0420. The number of aliphatic imine (C=N–C) groups is 1. The van der Waals surface area contributed by atoms with Crippen LogP contribution in [0.5, 0.6) is 5.75 Å². The first-order chi connectivity index (χ1) is 20.8. The number of rotatable bonds is 16. The van der Waals surface area contributed by atoms with Gasteiger partial charge in [0.2, 0.25) is 0 Å². The van der Waals surface area contributed by atoms with Crippen LogP contribution in [0.2, 0.25) is 0 Å². The molecule has 0 radical (unpaired) electrons. The van der Waals surface area contributed by atoms with Gasteiger partial charge in [0.25, 0.3) is 0 Å². The smallest absolute Gasteiger partial charge is 0.410 e. The fourth-order valence-electron chi connectivity index (χ4n) is 4.09. The van der Waals surface area contributed by atoms with Crippen LogP contribution in [-0.2, 0) is 16.1 Å². The summed E-state index contributed by atoms with van der Waals surface area (Å²) in [6.07, 6.45) is 9.70. The largest absolute Gasteiger partial charge is 0.494 e. The fourth-order valence-corrected chi connectivity index (χ4v) is 4.09. The number of nitrogens with one attached hydrogen (secondary N) is 1. The summed E-state index contributed by atoms with van der Waals surface area (Å²) in [6.45, 7) is 13.2. The molecule has 1 heterocycles. The van der Waals surface area contributed by atoms with Crippen LogP contribution in [0.3, 0.4) is 0 Å². The lowest BCUT2D eigenvalue weighted by molar-refractivity contribution is -0.107. The highest BCUT2D eigenvalue weighted by atomic mass is 16.6. The van der Waals surface area contributed by atoms with E-state index in [2.05, 4.69) is 15.4 Å². The van der Waals surface area contributed by atoms with Crippen LogP contribution in [0.4, 0.5) is 16.2 Å². The van der Waals surface area contributed by atoms with E-state index in [0.29, 0.717) is 36.8 Å². The molecule has 0 bridgehead atoms. The van der Waals surface area contributed by atoms with E-state index in [1.807, 2.05) is 76.7 Å². The highest BCUT2D eigenvalue weighted by Crippen LogP contribution is 2.24. The van der Waals surface area contributed by atoms with Gasteiger partial charge in [0.15, 0.2) is 0 Å². The molecule has 5 N–H and O–H groups in total. The van der Waals surface area contributed by atoms with E-state index in [1.54, 1.807) is 24.3 Å². The number of nitrogens with zero attached hydrogens (tertiary/aromatic N) is 5. The molecular weight excluding hydrogens is 560 g/mol. The Kier molecular flexibility index (Phi) is 14.4. The zero-order valence-electron chi connectivity index (χ0n) is 27.3. The number of hydrazine groups is 1. The molecule has 12 nitrogen and oxygen atoms in total. The number of nitrogens with two attached hydrogens (primary N) is 2. The van der Waals surface area contributed by atoms with Crippen LogP contribution in [-0.4, -0.2) is 58.7 Å². The minimum absolute atomic E-state index is 0.317. The second-order valence-electron chi connectivity index (χ2n) is 11.7. The van der Waals surface area contributed by atoms with Gasteiger partial charge in [-0.2, -0.15) is 5.10 Å². The number of carbonyl (C=O) groups is 2. The molecule has 1 amide bonds. The van der Waals surface area contributed by atoms with Gasteiger partial charge >= 0.3 is 6.09 Å². The molecule has 0 saturated heterocycles. The number of hydrogen-bond donors (Lipinski definition) is 3. The van der Waals surface area contributed by atoms with Gasteiger partial charge in [0, 0.05) is 32.8 Å². The van der Waals surface area contributed by atoms with E-state index in [0.717, 1.165) is 61.2 Å². The van der Waals surface area contributed by atoms with Crippen molar-refractivity contribution < 1.29 is 19.1 Å². The van der Waals surface area contributed by atoms with Crippen LogP contribution in [0, 0.1) is 0 Å². The van der Waals surface area contributed by atoms with Gasteiger partial charge in [-0.15, -0.1) is 0 Å². The minimum atomic E-state index is -0.505. The number of aryl methyl sites for hydroxylation is 1. The predicted octanol–water partition coefficient (Wildman–Crippen LogP) is 5.58. The topological polar surface area (TPSA) is 153 Å². The van der Waals surface area contributed by atoms with Crippen molar-refractivity contribution in [3.63, 3.8) is 0 Å². The molecule has 12 heteroatoms. The maximum absolute atomic E-state index is 12.1. The Balaban J connectivity index is 1.90. The highest BCUT2D eigenvalue weighted by Gasteiger charge is 2.19. The number of hydrogen-bond acceptors (Lipinski definition) is 9. The first kappa shape index (κ1) is 35.9. The monoisotopic (exact) mass is 610 g/mol. The highest BCUT2D eigenvalue weighted by molar-refractivity contribution is 5.93. The lowest BCUT2D eigenvalue weighted by atomic mass is 10.2. The number of amides is 1. The molecule has 0 aliphatic heterocycles. The van der Waals surface area contributed by atoms with Crippen molar-refractivity contribution in [2.75, 3.05) is 30.5 Å². The maximum atomic E-state index is 12.1. The Bertz CT molecular complexity index is 1290. The zero-order chi connectivity index (χ0) is 32.7. The van der Waals surface area contributed by atoms with Crippen molar-refractivity contribution >= 4 is 29.6 Å². The molecule has 2 rings (SSSR count). The van der Waals surface area contributed by atoms with Crippen LogP contribution >= 0.6 is 0 Å². The molecule has 0 fully saturated rings. The molecule has 0 unspecified atom stereocenters. The zero-order valence-corrected chi connectivity index (χ0v) is 27.3. The van der Waals surface area contributed by atoms with E-state index in [-0.39, 0.29) is 6.09 Å². The molecule has 2 aromatic rings. The summed E-state index contributed by atoms with van der Waals surface area (Å²) in [4.78, 5) is 28.6. The average Bonchev–Trinajstić information content (AvgIpc) is 3.40. The van der Waals surface area contributed by atoms with Crippen molar-refractivity contribution in [3.05, 3.63) is 59.8 Å². The summed E-state index contributed by atoms with van der Waals surface area (Å²) in [7, 11) is 1.74. The molecule has 1 aromatic carbocycles. The molecule has 242 valence electrons. The molecule has 0 atom stereocenters. The van der Waals surface area contributed by atoms with Crippen LogP contribution in [0.15, 0.2) is 64.8 Å². The number of carbonyl (C=O) groups excluding carboxylic acids is 2. The maximum Gasteiger partial charge on any atom is 0.410 e. The van der Waals surface area contributed by atoms with Crippen molar-refractivity contribution in [2.24, 2.45) is 16.6 Å². The van der Waals surface area contributed by atoms with Gasteiger partial charge in [-0.3, -0.25) is 9.69 Å². The lowest BCUT2D eigenvalue weighted by Crippen LogP contribution is -2.34. The van der Waals surface area contributed by atoms with Gasteiger partial charge in [-0.05, 0) is 97.1 Å². The fraction of sp³-hybridized carbons (Fsp3) is 0.500. The Labute approximate surface area is 261 Å². The number of benzene rings is 1. The number of unbranched alkanes of at least 4 members (excludes halogenated alkanes) is 3. The van der Waals surface area contributed by atoms with Crippen LogP contribution < -0.4 is 26.6 Å². The predicted molar refractivity (Wildman–Crippen MR) is 176 cm³/mol. The van der Waals surface area contributed by atoms with E-state index in [1.165, 1.54) is 5.01 Å². The van der Waals surface area contributed by atoms with Crippen molar-refractivity contribution in [3.8, 4) is 5.75 Å². The first-order valence-electron chi connectivity index (χ1n) is 14.9. The van der Waals surface area contributed by atoms with Gasteiger partial charge < -0.3 is 30.2 Å². The number of anilines is 2. The number of aromatic nitrogens is 2. The molecule has 0 aliphatic rings. The van der Waals surface area contributed by atoms with Gasteiger partial charge in [0.05, 0.1) is 41.8 Å². The summed E-state index contributed by atoms with van der Waals surface area (Å²) in [5.41, 5.74) is 9.45. The SMILES string of the molecule is CC(=N/C=C(/N)C(=C(C)C)N(N)c1ccc(OCCCCC=O)cc1)Nc1cnn(CCCCN(C)C(=O)OC(C)(C)C)c1. The summed E-state index contributed by atoms with van der Waals surface area (Å²) in [6, 6.07) is 7.44. The molecule has 44 heavy (non-hydrogen) atoms. The summed E-state index contributed by atoms with van der Waals surface area (Å²) in [5, 5.41) is 9.17. The van der Waals surface area contributed by atoms with Crippen molar-refractivity contribution in [1.82, 2.24) is 14.7 Å². The van der Waals surface area contributed by atoms with E-state index in [4.69, 9.17) is 21.1 Å². The third kappa shape index (κ3) is 12.9. The Hall–Kier alpha value is -4.32. The van der Waals surface area contributed by atoms with Crippen molar-refractivity contribution in [1.29, 1.82) is 0 Å².